The van der Waals surface area contributed by atoms with Crippen molar-refractivity contribution in [1.29, 1.82) is 0 Å². The minimum Gasteiger partial charge on any atom is -0.339 e. The van der Waals surface area contributed by atoms with Gasteiger partial charge in [0.2, 0.25) is 0 Å². The quantitative estimate of drug-likeness (QED) is 0.309. The first kappa shape index (κ1) is 16.4. The van der Waals surface area contributed by atoms with Crippen LogP contribution >= 0.6 is 22.6 Å². The van der Waals surface area contributed by atoms with Crippen molar-refractivity contribution in [2.75, 3.05) is 5.32 Å². The van der Waals surface area contributed by atoms with Gasteiger partial charge in [-0.25, -0.2) is 9.87 Å². The largest absolute Gasteiger partial charge is 0.339 e. The van der Waals surface area contributed by atoms with Gasteiger partial charge < -0.3 is 9.88 Å². The van der Waals surface area contributed by atoms with E-state index >= 15 is 0 Å². The molecular formula is C14H13FIN3O3. The number of benzene rings is 1. The van der Waals surface area contributed by atoms with Gasteiger partial charge in [-0.2, -0.15) is 0 Å². The highest BCUT2D eigenvalue weighted by atomic mass is 127. The van der Waals surface area contributed by atoms with Gasteiger partial charge in [0.25, 0.3) is 5.91 Å². The Labute approximate surface area is 139 Å². The predicted molar refractivity (Wildman–Crippen MR) is 87.1 cm³/mol. The summed E-state index contributed by atoms with van der Waals surface area (Å²) in [6.07, 6.45) is 0. The number of nitrogens with zero attached hydrogens (tertiary/aromatic N) is 1. The lowest BCUT2D eigenvalue weighted by Crippen LogP contribution is -2.19. The number of halogens is 2. The number of nitrogens with one attached hydrogen (secondary N) is 2. The maximum atomic E-state index is 14.0. The van der Waals surface area contributed by atoms with Crippen molar-refractivity contribution in [2.24, 2.45) is 7.05 Å². The van der Waals surface area contributed by atoms with Gasteiger partial charge in [-0.3, -0.25) is 14.8 Å². The molecule has 116 valence electrons. The van der Waals surface area contributed by atoms with Gasteiger partial charge in [0.05, 0.1) is 16.9 Å². The number of Topliss-reactive ketones (excluding diaryl/α,β-unsaturated/α-hetero) is 1. The lowest BCUT2D eigenvalue weighted by molar-refractivity contribution is 0.0707. The molecule has 2 rings (SSSR count). The van der Waals surface area contributed by atoms with Crippen molar-refractivity contribution < 1.29 is 19.2 Å². The molecule has 8 heteroatoms. The summed E-state index contributed by atoms with van der Waals surface area (Å²) in [5.41, 5.74) is 1.96. The van der Waals surface area contributed by atoms with Gasteiger partial charge in [0.15, 0.2) is 5.78 Å². The van der Waals surface area contributed by atoms with Crippen LogP contribution in [0.2, 0.25) is 0 Å². The van der Waals surface area contributed by atoms with E-state index in [2.05, 4.69) is 5.32 Å². The molecule has 0 unspecified atom stereocenters. The molecule has 0 spiro atoms. The van der Waals surface area contributed by atoms with Crippen LogP contribution in [0.3, 0.4) is 0 Å². The van der Waals surface area contributed by atoms with Gasteiger partial charge in [-0.05, 0) is 46.9 Å². The standard InChI is InChI=1S/C14H13FIN3O3/c1-7(20)12-6-9(14(21)18-22)13(19(12)2)17-11-4-3-8(16)5-10(11)15/h3-6,17,22H,1-2H3,(H,18,21). The van der Waals surface area contributed by atoms with E-state index in [0.717, 1.165) is 3.57 Å². The molecule has 1 aromatic carbocycles. The van der Waals surface area contributed by atoms with Crippen LogP contribution in [0.25, 0.3) is 0 Å². The van der Waals surface area contributed by atoms with Gasteiger partial charge >= 0.3 is 0 Å². The highest BCUT2D eigenvalue weighted by Crippen LogP contribution is 2.27. The number of carbonyl (C=O) groups excluding carboxylic acids is 2. The zero-order valence-electron chi connectivity index (χ0n) is 11.8. The fourth-order valence-corrected chi connectivity index (χ4v) is 2.50. The summed E-state index contributed by atoms with van der Waals surface area (Å²) in [6, 6.07) is 5.90. The summed E-state index contributed by atoms with van der Waals surface area (Å²) in [6.45, 7) is 1.35. The molecule has 0 fully saturated rings. The molecule has 1 aromatic heterocycles. The van der Waals surface area contributed by atoms with E-state index < -0.39 is 11.7 Å². The molecule has 1 amide bonds. The fraction of sp³-hybridized carbons (Fsp3) is 0.143. The zero-order chi connectivity index (χ0) is 16.4. The van der Waals surface area contributed by atoms with Crippen molar-refractivity contribution in [2.45, 2.75) is 6.92 Å². The van der Waals surface area contributed by atoms with E-state index in [1.165, 1.54) is 35.2 Å². The number of carbonyl (C=O) groups is 2. The van der Waals surface area contributed by atoms with Crippen LogP contribution in [0.5, 0.6) is 0 Å². The summed E-state index contributed by atoms with van der Waals surface area (Å²) < 4.78 is 16.1. The van der Waals surface area contributed by atoms with Crippen LogP contribution in [0, 0.1) is 9.39 Å². The van der Waals surface area contributed by atoms with Crippen LogP contribution < -0.4 is 10.8 Å². The Morgan fingerprint density at radius 2 is 2.00 bits per heavy atom. The second-order valence-electron chi connectivity index (χ2n) is 4.60. The molecule has 0 aliphatic heterocycles. The molecule has 0 aliphatic rings. The Morgan fingerprint density at radius 1 is 1.32 bits per heavy atom. The minimum atomic E-state index is -0.795. The molecule has 2 aromatic rings. The number of hydroxylamine groups is 1. The summed E-state index contributed by atoms with van der Waals surface area (Å²) in [4.78, 5) is 23.3. The third kappa shape index (κ3) is 3.12. The molecule has 0 saturated carbocycles. The summed E-state index contributed by atoms with van der Waals surface area (Å²) in [5, 5.41) is 11.6. The lowest BCUT2D eigenvalue weighted by Gasteiger charge is -2.12. The predicted octanol–water partition coefficient (Wildman–Crippen LogP) is 2.83. The number of rotatable bonds is 4. The second-order valence-corrected chi connectivity index (χ2v) is 5.84. The Bertz CT molecular complexity index is 758. The number of anilines is 2. The Hall–Kier alpha value is -1.94. The molecule has 3 N–H and O–H groups in total. The second kappa shape index (κ2) is 6.44. The molecule has 0 saturated heterocycles. The van der Waals surface area contributed by atoms with E-state index in [1.54, 1.807) is 13.1 Å². The summed E-state index contributed by atoms with van der Waals surface area (Å²) in [5.74, 6) is -1.34. The average molecular weight is 417 g/mol. The lowest BCUT2D eigenvalue weighted by atomic mass is 10.2. The molecule has 0 atom stereocenters. The number of ketones is 1. The maximum Gasteiger partial charge on any atom is 0.278 e. The van der Waals surface area contributed by atoms with E-state index in [-0.39, 0.29) is 28.5 Å². The normalized spacial score (nSPS) is 10.4. The van der Waals surface area contributed by atoms with Crippen molar-refractivity contribution in [3.8, 4) is 0 Å². The molecule has 6 nitrogen and oxygen atoms in total. The molecule has 0 radical (unpaired) electrons. The Balaban J connectivity index is 2.53. The van der Waals surface area contributed by atoms with Crippen molar-refractivity contribution in [3.63, 3.8) is 0 Å². The van der Waals surface area contributed by atoms with E-state index in [4.69, 9.17) is 5.21 Å². The van der Waals surface area contributed by atoms with Gasteiger partial charge in [-0.1, -0.05) is 0 Å². The van der Waals surface area contributed by atoms with E-state index in [9.17, 15) is 14.0 Å². The van der Waals surface area contributed by atoms with Crippen LogP contribution in [-0.2, 0) is 7.05 Å². The fourth-order valence-electron chi connectivity index (χ4n) is 2.04. The third-order valence-electron chi connectivity index (χ3n) is 3.12. The first-order chi connectivity index (χ1) is 10.3. The van der Waals surface area contributed by atoms with Crippen LogP contribution in [0.15, 0.2) is 24.3 Å². The van der Waals surface area contributed by atoms with E-state index in [1.807, 2.05) is 22.6 Å². The highest BCUT2D eigenvalue weighted by Gasteiger charge is 2.21. The summed E-state index contributed by atoms with van der Waals surface area (Å²) >= 11 is 1.98. The Kier molecular flexibility index (Phi) is 4.81. The van der Waals surface area contributed by atoms with Gasteiger partial charge in [0, 0.05) is 17.5 Å². The Morgan fingerprint density at radius 3 is 2.55 bits per heavy atom. The zero-order valence-corrected chi connectivity index (χ0v) is 13.9. The van der Waals surface area contributed by atoms with Gasteiger partial charge in [-0.15, -0.1) is 0 Å². The first-order valence-corrected chi connectivity index (χ1v) is 7.30. The van der Waals surface area contributed by atoms with Crippen molar-refractivity contribution >= 4 is 45.8 Å². The monoisotopic (exact) mass is 417 g/mol. The van der Waals surface area contributed by atoms with E-state index in [0.29, 0.717) is 0 Å². The number of hydrogen-bond acceptors (Lipinski definition) is 4. The van der Waals surface area contributed by atoms with Crippen LogP contribution in [-0.4, -0.2) is 21.5 Å². The molecule has 1 heterocycles. The average Bonchev–Trinajstić information content (AvgIpc) is 2.78. The third-order valence-corrected chi connectivity index (χ3v) is 3.80. The highest BCUT2D eigenvalue weighted by molar-refractivity contribution is 14.1. The topological polar surface area (TPSA) is 83.4 Å². The number of hydrogen-bond donors (Lipinski definition) is 3. The number of aromatic nitrogens is 1. The van der Waals surface area contributed by atoms with Crippen LogP contribution in [0.1, 0.15) is 27.8 Å². The van der Waals surface area contributed by atoms with Gasteiger partial charge in [0.1, 0.15) is 11.6 Å². The molecular weight excluding hydrogens is 404 g/mol. The SMILES string of the molecule is CC(=O)c1cc(C(=O)NO)c(Nc2ccc(I)cc2F)n1C. The van der Waals surface area contributed by atoms with Crippen LogP contribution in [0.4, 0.5) is 15.9 Å². The summed E-state index contributed by atoms with van der Waals surface area (Å²) in [7, 11) is 1.57. The van der Waals surface area contributed by atoms with Crippen molar-refractivity contribution in [3.05, 3.63) is 44.9 Å². The smallest absolute Gasteiger partial charge is 0.278 e. The molecule has 0 aliphatic carbocycles. The molecule has 22 heavy (non-hydrogen) atoms. The van der Waals surface area contributed by atoms with Crippen molar-refractivity contribution in [1.82, 2.24) is 10.0 Å². The number of amides is 1. The minimum absolute atomic E-state index is 0.0353. The molecule has 0 bridgehead atoms. The maximum absolute atomic E-state index is 14.0. The first-order valence-electron chi connectivity index (χ1n) is 6.22.